The molecule has 12 N–H and O–H groups in total. The topological polar surface area (TPSA) is 287 Å². The Balaban J connectivity index is 0.000000136. The van der Waals surface area contributed by atoms with E-state index in [0.29, 0.717) is 50.0 Å². The quantitative estimate of drug-likeness (QED) is 0.128. The van der Waals surface area contributed by atoms with Crippen molar-refractivity contribution in [2.24, 2.45) is 0 Å². The number of fused-ring (bicyclic) bond motifs is 4. The Hall–Kier alpha value is -7.30. The fraction of sp³-hybridized carbons (Fsp3) is 0. The summed E-state index contributed by atoms with van der Waals surface area (Å²) in [7, 11) is 0. The van der Waals surface area contributed by atoms with Crippen LogP contribution in [-0.2, 0) is 0 Å². The third kappa shape index (κ3) is 6.63. The summed E-state index contributed by atoms with van der Waals surface area (Å²) in [6.45, 7) is 0. The van der Waals surface area contributed by atoms with Crippen LogP contribution in [0.1, 0.15) is 20.7 Å². The van der Waals surface area contributed by atoms with E-state index < -0.39 is 5.97 Å². The number of carbonyl (C=O) groups excluding carboxylic acids is 1. The molecule has 0 aliphatic rings. The van der Waals surface area contributed by atoms with Crippen molar-refractivity contribution in [2.45, 2.75) is 0 Å². The van der Waals surface area contributed by atoms with E-state index in [0.717, 1.165) is 11.0 Å². The lowest BCUT2D eigenvalue weighted by molar-refractivity contribution is 0.0696. The predicted molar refractivity (Wildman–Crippen MR) is 175 cm³/mol. The average molecular weight is 637 g/mol. The van der Waals surface area contributed by atoms with Gasteiger partial charge in [0.05, 0.1) is 49.7 Å². The van der Waals surface area contributed by atoms with Gasteiger partial charge in [0.25, 0.3) is 5.91 Å². The standard InChI is InChI=1S/C15H11N5O3.C8H6N2O3.C7H7N3O/c21-13(7-1-3-9-11(5-7)19-14(22)17-9)16-8-2-4-10-12(6-8)20-15(23)18-10;11-7(12)4-1-2-5-6(3-4)10-8(13)9-5;8-4-1-2-5-6(3-4)10-7(11)9-5/h1-6H,(H,16,21)(H2,17,19,22)(H2,18,20,23);1-3H,(H,11,12)(H2,9,10,13);1-3H,8H2,(H2,9,10,11). The Morgan fingerprint density at radius 2 is 0.872 bits per heavy atom. The number of benzene rings is 4. The highest BCUT2D eigenvalue weighted by atomic mass is 16.4. The highest BCUT2D eigenvalue weighted by Gasteiger charge is 2.10. The summed E-state index contributed by atoms with van der Waals surface area (Å²) in [5.41, 5.74) is 11.2. The number of imidazole rings is 4. The van der Waals surface area contributed by atoms with E-state index in [-0.39, 0.29) is 34.2 Å². The van der Waals surface area contributed by atoms with E-state index in [9.17, 15) is 28.8 Å². The Morgan fingerprint density at radius 1 is 0.489 bits per heavy atom. The highest BCUT2D eigenvalue weighted by Crippen LogP contribution is 2.17. The van der Waals surface area contributed by atoms with Crippen LogP contribution in [0.15, 0.2) is 92.0 Å². The molecule has 17 heteroatoms. The van der Waals surface area contributed by atoms with Crippen LogP contribution in [-0.4, -0.2) is 56.9 Å². The molecule has 236 valence electrons. The zero-order valence-electron chi connectivity index (χ0n) is 23.9. The summed E-state index contributed by atoms with van der Waals surface area (Å²) in [5.74, 6) is -1.32. The number of H-pyrrole nitrogens is 8. The minimum Gasteiger partial charge on any atom is -0.478 e. The van der Waals surface area contributed by atoms with Crippen LogP contribution in [0.2, 0.25) is 0 Å². The zero-order valence-corrected chi connectivity index (χ0v) is 23.9. The van der Waals surface area contributed by atoms with E-state index in [2.05, 4.69) is 45.2 Å². The second kappa shape index (κ2) is 12.0. The van der Waals surface area contributed by atoms with Crippen molar-refractivity contribution in [3.63, 3.8) is 0 Å². The Morgan fingerprint density at radius 3 is 1.38 bits per heavy atom. The maximum absolute atomic E-state index is 12.3. The first-order valence-electron chi connectivity index (χ1n) is 13.7. The fourth-order valence-corrected chi connectivity index (χ4v) is 4.70. The number of aromatic nitrogens is 8. The first kappa shape index (κ1) is 29.8. The second-order valence-corrected chi connectivity index (χ2v) is 10.2. The summed E-state index contributed by atoms with van der Waals surface area (Å²) in [5, 5.41) is 11.4. The van der Waals surface area contributed by atoms with Gasteiger partial charge in [-0.1, -0.05) is 0 Å². The Bertz CT molecular complexity index is 2680. The smallest absolute Gasteiger partial charge is 0.335 e. The SMILES string of the molecule is Nc1ccc2[nH]c(=O)[nH]c2c1.O=C(Nc1ccc2[nH]c(=O)[nH]c2c1)c1ccc2[nH]c(=O)[nH]c2c1.O=C(O)c1ccc2[nH]c(=O)[nH]c2c1. The van der Waals surface area contributed by atoms with Gasteiger partial charge < -0.3 is 56.0 Å². The van der Waals surface area contributed by atoms with E-state index in [1.165, 1.54) is 12.1 Å². The number of carboxylic acids is 1. The maximum atomic E-state index is 12.3. The molecule has 0 bridgehead atoms. The van der Waals surface area contributed by atoms with Gasteiger partial charge in [0, 0.05) is 16.9 Å². The van der Waals surface area contributed by atoms with E-state index in [1.807, 2.05) is 0 Å². The summed E-state index contributed by atoms with van der Waals surface area (Å²) in [6, 6.07) is 19.6. The van der Waals surface area contributed by atoms with Crippen LogP contribution in [0.5, 0.6) is 0 Å². The van der Waals surface area contributed by atoms with Crippen LogP contribution in [0, 0.1) is 0 Å². The lowest BCUT2D eigenvalue weighted by atomic mass is 10.2. The third-order valence-corrected chi connectivity index (χ3v) is 6.85. The molecule has 0 saturated heterocycles. The summed E-state index contributed by atoms with van der Waals surface area (Å²) < 4.78 is 0. The van der Waals surface area contributed by atoms with Gasteiger partial charge in [-0.2, -0.15) is 0 Å². The number of aromatic amines is 8. The Labute approximate surface area is 258 Å². The molecule has 47 heavy (non-hydrogen) atoms. The number of nitrogen functional groups attached to an aromatic ring is 1. The molecule has 0 fully saturated rings. The molecule has 8 aromatic rings. The molecular weight excluding hydrogens is 612 g/mol. The van der Waals surface area contributed by atoms with Crippen molar-refractivity contribution in [1.82, 2.24) is 39.9 Å². The van der Waals surface area contributed by atoms with Gasteiger partial charge in [-0.05, 0) is 72.8 Å². The van der Waals surface area contributed by atoms with Crippen molar-refractivity contribution in [3.05, 3.63) is 126 Å². The normalized spacial score (nSPS) is 10.8. The lowest BCUT2D eigenvalue weighted by Gasteiger charge is -2.05. The number of nitrogens with one attached hydrogen (secondary N) is 9. The molecule has 0 saturated carbocycles. The predicted octanol–water partition coefficient (Wildman–Crippen LogP) is 2.27. The van der Waals surface area contributed by atoms with E-state index in [1.54, 1.807) is 60.7 Å². The van der Waals surface area contributed by atoms with Crippen LogP contribution < -0.4 is 33.8 Å². The zero-order chi connectivity index (χ0) is 33.2. The third-order valence-electron chi connectivity index (χ3n) is 6.85. The second-order valence-electron chi connectivity index (χ2n) is 10.2. The number of hydrogen-bond donors (Lipinski definition) is 11. The number of amides is 1. The van der Waals surface area contributed by atoms with Crippen molar-refractivity contribution < 1.29 is 14.7 Å². The summed E-state index contributed by atoms with van der Waals surface area (Å²) in [6.07, 6.45) is 0. The summed E-state index contributed by atoms with van der Waals surface area (Å²) >= 11 is 0. The minimum atomic E-state index is -1.01. The van der Waals surface area contributed by atoms with Crippen LogP contribution in [0.4, 0.5) is 11.4 Å². The van der Waals surface area contributed by atoms with Crippen LogP contribution >= 0.6 is 0 Å². The molecular formula is C30H24N10O7. The molecule has 8 rings (SSSR count). The molecule has 4 aromatic heterocycles. The van der Waals surface area contributed by atoms with Gasteiger partial charge in [0.2, 0.25) is 0 Å². The number of carboxylic acid groups (broad SMARTS) is 1. The van der Waals surface area contributed by atoms with E-state index >= 15 is 0 Å². The maximum Gasteiger partial charge on any atom is 0.335 e. The van der Waals surface area contributed by atoms with Crippen molar-refractivity contribution in [1.29, 1.82) is 0 Å². The monoisotopic (exact) mass is 636 g/mol. The number of hydrogen-bond acceptors (Lipinski definition) is 7. The van der Waals surface area contributed by atoms with Crippen LogP contribution in [0.25, 0.3) is 44.1 Å². The van der Waals surface area contributed by atoms with Gasteiger partial charge in [0.15, 0.2) is 0 Å². The van der Waals surface area contributed by atoms with Gasteiger partial charge in [-0.3, -0.25) is 4.79 Å². The summed E-state index contributed by atoms with van der Waals surface area (Å²) in [4.78, 5) is 87.6. The van der Waals surface area contributed by atoms with Crippen molar-refractivity contribution >= 4 is 67.4 Å². The van der Waals surface area contributed by atoms with Gasteiger partial charge in [-0.15, -0.1) is 0 Å². The van der Waals surface area contributed by atoms with E-state index in [4.69, 9.17) is 10.8 Å². The van der Waals surface area contributed by atoms with Gasteiger partial charge in [-0.25, -0.2) is 24.0 Å². The largest absolute Gasteiger partial charge is 0.478 e. The molecule has 4 heterocycles. The molecule has 4 aromatic carbocycles. The first-order valence-corrected chi connectivity index (χ1v) is 13.7. The van der Waals surface area contributed by atoms with Gasteiger partial charge in [0.1, 0.15) is 0 Å². The minimum absolute atomic E-state index is 0.155. The molecule has 0 atom stereocenters. The molecule has 1 amide bonds. The van der Waals surface area contributed by atoms with Crippen molar-refractivity contribution in [3.8, 4) is 0 Å². The number of nitrogens with two attached hydrogens (primary N) is 1. The highest BCUT2D eigenvalue weighted by molar-refractivity contribution is 6.06. The molecule has 0 spiro atoms. The molecule has 0 unspecified atom stereocenters. The van der Waals surface area contributed by atoms with Crippen molar-refractivity contribution in [2.75, 3.05) is 11.1 Å². The fourth-order valence-electron chi connectivity index (χ4n) is 4.70. The molecule has 0 aliphatic heterocycles. The van der Waals surface area contributed by atoms with Crippen LogP contribution in [0.3, 0.4) is 0 Å². The Kier molecular flexibility index (Phi) is 7.60. The van der Waals surface area contributed by atoms with Gasteiger partial charge >= 0.3 is 28.7 Å². The first-order chi connectivity index (χ1) is 22.5. The number of rotatable bonds is 3. The number of anilines is 2. The molecule has 0 radical (unpaired) electrons. The average Bonchev–Trinajstić information content (AvgIpc) is 3.78. The number of carbonyl (C=O) groups is 2. The molecule has 0 aliphatic carbocycles. The number of aromatic carboxylic acids is 1. The lowest BCUT2D eigenvalue weighted by Crippen LogP contribution is -2.11. The molecule has 17 nitrogen and oxygen atoms in total.